The second-order valence-corrected chi connectivity index (χ2v) is 8.67. The molecular formula is C20H27N3O2S. The molecule has 2 aliphatic carbocycles. The van der Waals surface area contributed by atoms with E-state index in [9.17, 15) is 9.90 Å². The molecule has 5 nitrogen and oxygen atoms in total. The van der Waals surface area contributed by atoms with Crippen molar-refractivity contribution in [3.8, 4) is 0 Å². The summed E-state index contributed by atoms with van der Waals surface area (Å²) in [6.45, 7) is 4.95. The first-order valence-electron chi connectivity index (χ1n) is 9.72. The van der Waals surface area contributed by atoms with Crippen LogP contribution in [0.1, 0.15) is 54.8 Å². The highest BCUT2D eigenvalue weighted by Crippen LogP contribution is 2.34. The van der Waals surface area contributed by atoms with E-state index in [0.717, 1.165) is 61.0 Å². The second kappa shape index (κ2) is 7.62. The number of allylic oxidation sites excluding steroid dienone is 1. The molecule has 0 aliphatic heterocycles. The molecule has 2 heterocycles. The summed E-state index contributed by atoms with van der Waals surface area (Å²) in [6, 6.07) is 0.505. The summed E-state index contributed by atoms with van der Waals surface area (Å²) in [5.74, 6) is 0.726. The monoisotopic (exact) mass is 373 g/mol. The van der Waals surface area contributed by atoms with Crippen molar-refractivity contribution < 1.29 is 5.11 Å². The van der Waals surface area contributed by atoms with Gasteiger partial charge in [-0.2, -0.15) is 0 Å². The highest BCUT2D eigenvalue weighted by molar-refractivity contribution is 7.18. The Hall–Kier alpha value is -1.50. The van der Waals surface area contributed by atoms with Crippen LogP contribution in [-0.2, 0) is 19.4 Å². The number of fused-ring (bicyclic) bond motifs is 3. The van der Waals surface area contributed by atoms with Gasteiger partial charge in [0.1, 0.15) is 10.7 Å². The smallest absolute Gasteiger partial charge is 0.259 e. The zero-order chi connectivity index (χ0) is 18.1. The summed E-state index contributed by atoms with van der Waals surface area (Å²) in [4.78, 5) is 25.0. The number of nitrogens with one attached hydrogen (secondary N) is 1. The van der Waals surface area contributed by atoms with E-state index in [-0.39, 0.29) is 11.7 Å². The van der Waals surface area contributed by atoms with Crippen LogP contribution in [0, 0.1) is 0 Å². The molecule has 2 N–H and O–H groups in total. The largest absolute Gasteiger partial charge is 0.392 e. The molecule has 2 aromatic rings. The van der Waals surface area contributed by atoms with Gasteiger partial charge in [-0.25, -0.2) is 4.98 Å². The van der Waals surface area contributed by atoms with Crippen molar-refractivity contribution >= 4 is 21.6 Å². The number of thiophene rings is 1. The molecule has 0 spiro atoms. The molecular weight excluding hydrogens is 346 g/mol. The molecule has 2 aromatic heterocycles. The number of aliphatic hydroxyl groups is 1. The lowest BCUT2D eigenvalue weighted by Crippen LogP contribution is -2.35. The van der Waals surface area contributed by atoms with Crippen LogP contribution in [0.25, 0.3) is 10.2 Å². The third-order valence-electron chi connectivity index (χ3n) is 5.44. The molecule has 0 aromatic carbocycles. The molecule has 0 amide bonds. The summed E-state index contributed by atoms with van der Waals surface area (Å²) >= 11 is 1.69. The lowest BCUT2D eigenvalue weighted by Gasteiger charge is -2.24. The quantitative estimate of drug-likeness (QED) is 0.698. The molecule has 140 valence electrons. The van der Waals surface area contributed by atoms with Gasteiger partial charge in [0.15, 0.2) is 0 Å². The number of rotatable bonds is 8. The predicted molar refractivity (Wildman–Crippen MR) is 106 cm³/mol. The molecule has 0 radical (unpaired) electrons. The van der Waals surface area contributed by atoms with E-state index in [0.29, 0.717) is 19.1 Å². The number of hydrogen-bond acceptors (Lipinski definition) is 5. The number of aromatic amines is 1. The van der Waals surface area contributed by atoms with Gasteiger partial charge in [0.25, 0.3) is 5.56 Å². The zero-order valence-electron chi connectivity index (χ0n) is 15.2. The molecule has 4 rings (SSSR count). The van der Waals surface area contributed by atoms with Crippen LogP contribution in [0.15, 0.2) is 17.4 Å². The van der Waals surface area contributed by atoms with Crippen LogP contribution in [0.2, 0.25) is 0 Å². The minimum absolute atomic E-state index is 0.00681. The van der Waals surface area contributed by atoms with Crippen molar-refractivity contribution in [2.45, 2.75) is 70.1 Å². The van der Waals surface area contributed by atoms with Gasteiger partial charge in [-0.3, -0.25) is 9.69 Å². The fraction of sp³-hybridized carbons (Fsp3) is 0.600. The molecule has 0 unspecified atom stereocenters. The maximum Gasteiger partial charge on any atom is 0.259 e. The number of aryl methyl sites for hydroxylation is 2. The van der Waals surface area contributed by atoms with Crippen molar-refractivity contribution in [2.75, 3.05) is 6.54 Å². The Kier molecular flexibility index (Phi) is 5.25. The van der Waals surface area contributed by atoms with Gasteiger partial charge in [-0.15, -0.1) is 17.9 Å². The predicted octanol–water partition coefficient (Wildman–Crippen LogP) is 3.15. The average molecular weight is 374 g/mol. The molecule has 2 aliphatic rings. The van der Waals surface area contributed by atoms with E-state index in [2.05, 4.69) is 16.5 Å². The molecule has 0 bridgehead atoms. The maximum absolute atomic E-state index is 12.7. The normalized spacial score (nSPS) is 18.2. The van der Waals surface area contributed by atoms with Gasteiger partial charge in [-0.1, -0.05) is 6.08 Å². The van der Waals surface area contributed by atoms with Crippen LogP contribution < -0.4 is 5.56 Å². The number of aliphatic hydroxyl groups excluding tert-OH is 1. The highest BCUT2D eigenvalue weighted by Gasteiger charge is 2.31. The Morgan fingerprint density at radius 1 is 1.38 bits per heavy atom. The fourth-order valence-electron chi connectivity index (χ4n) is 3.93. The summed E-state index contributed by atoms with van der Waals surface area (Å²) in [6.07, 6.45) is 9.81. The molecule has 26 heavy (non-hydrogen) atoms. The fourth-order valence-corrected chi connectivity index (χ4v) is 5.21. The van der Waals surface area contributed by atoms with Gasteiger partial charge < -0.3 is 10.1 Å². The summed E-state index contributed by atoms with van der Waals surface area (Å²) in [7, 11) is 0. The van der Waals surface area contributed by atoms with Gasteiger partial charge in [0, 0.05) is 17.5 Å². The standard InChI is InChI=1S/C20H27N3O2S/c1-2-3-6-14(24)11-23(13-9-10-13)12-17-21-19(25)18-15-7-4-5-8-16(15)26-20(18)22-17/h2,13-14,24H,1,3-12H2,(H,21,22,25)/t14-/m0/s1. The molecule has 1 saturated carbocycles. The van der Waals surface area contributed by atoms with Crippen LogP contribution in [0.3, 0.4) is 0 Å². The summed E-state index contributed by atoms with van der Waals surface area (Å²) in [5, 5.41) is 11.1. The summed E-state index contributed by atoms with van der Waals surface area (Å²) in [5.41, 5.74) is 1.24. The number of nitrogens with zero attached hydrogens (tertiary/aromatic N) is 2. The van der Waals surface area contributed by atoms with Crippen LogP contribution in [0.5, 0.6) is 0 Å². The Morgan fingerprint density at radius 3 is 2.96 bits per heavy atom. The third kappa shape index (κ3) is 3.77. The van der Waals surface area contributed by atoms with Gasteiger partial charge in [0.05, 0.1) is 18.0 Å². The van der Waals surface area contributed by atoms with E-state index in [1.54, 1.807) is 11.3 Å². The SMILES string of the molecule is C=CCC[C@H](O)CN(Cc1nc2sc3c(c2c(=O)[nH]1)CCCC3)C1CC1. The minimum Gasteiger partial charge on any atom is -0.392 e. The van der Waals surface area contributed by atoms with Crippen molar-refractivity contribution in [1.82, 2.24) is 14.9 Å². The lowest BCUT2D eigenvalue weighted by atomic mass is 9.97. The van der Waals surface area contributed by atoms with Gasteiger partial charge >= 0.3 is 0 Å². The Morgan fingerprint density at radius 2 is 2.19 bits per heavy atom. The zero-order valence-corrected chi connectivity index (χ0v) is 16.0. The van der Waals surface area contributed by atoms with Gasteiger partial charge in [-0.05, 0) is 56.9 Å². The second-order valence-electron chi connectivity index (χ2n) is 7.58. The first kappa shape index (κ1) is 17.9. The first-order valence-corrected chi connectivity index (χ1v) is 10.5. The van der Waals surface area contributed by atoms with E-state index in [1.165, 1.54) is 16.9 Å². The molecule has 1 atom stereocenters. The minimum atomic E-state index is -0.363. The lowest BCUT2D eigenvalue weighted by molar-refractivity contribution is 0.0966. The molecule has 6 heteroatoms. The summed E-state index contributed by atoms with van der Waals surface area (Å²) < 4.78 is 0. The Balaban J connectivity index is 1.55. The van der Waals surface area contributed by atoms with Crippen LogP contribution >= 0.6 is 11.3 Å². The van der Waals surface area contributed by atoms with Crippen molar-refractivity contribution in [3.63, 3.8) is 0 Å². The van der Waals surface area contributed by atoms with Gasteiger partial charge in [0.2, 0.25) is 0 Å². The third-order valence-corrected chi connectivity index (χ3v) is 6.63. The highest BCUT2D eigenvalue weighted by atomic mass is 32.1. The topological polar surface area (TPSA) is 69.2 Å². The van der Waals surface area contributed by atoms with E-state index in [1.807, 2.05) is 6.08 Å². The van der Waals surface area contributed by atoms with Crippen molar-refractivity contribution in [1.29, 1.82) is 0 Å². The molecule has 1 fully saturated rings. The maximum atomic E-state index is 12.7. The van der Waals surface area contributed by atoms with Crippen molar-refractivity contribution in [3.05, 3.63) is 39.3 Å². The number of aromatic nitrogens is 2. The van der Waals surface area contributed by atoms with Crippen LogP contribution in [0.4, 0.5) is 0 Å². The first-order chi connectivity index (χ1) is 12.7. The Labute approximate surface area is 157 Å². The van der Waals surface area contributed by atoms with E-state index < -0.39 is 0 Å². The number of H-pyrrole nitrogens is 1. The van der Waals surface area contributed by atoms with Crippen molar-refractivity contribution in [2.24, 2.45) is 0 Å². The van der Waals surface area contributed by atoms with E-state index >= 15 is 0 Å². The average Bonchev–Trinajstić information content (AvgIpc) is 3.39. The Bertz CT molecular complexity index is 853. The van der Waals surface area contributed by atoms with Crippen LogP contribution in [-0.4, -0.2) is 38.7 Å². The molecule has 0 saturated heterocycles. The number of hydrogen-bond donors (Lipinski definition) is 2. The van der Waals surface area contributed by atoms with E-state index in [4.69, 9.17) is 4.98 Å².